The van der Waals surface area contributed by atoms with Crippen LogP contribution in [0.15, 0.2) is 67.3 Å². The number of imidazole rings is 1. The Balaban J connectivity index is 1.13. The first-order chi connectivity index (χ1) is 22.1. The van der Waals surface area contributed by atoms with Crippen molar-refractivity contribution in [1.82, 2.24) is 54.4 Å². The molecule has 0 atom stereocenters. The van der Waals surface area contributed by atoms with Crippen LogP contribution in [0.4, 0.5) is 11.6 Å². The minimum atomic E-state index is 0.175. The van der Waals surface area contributed by atoms with Crippen LogP contribution >= 0.6 is 0 Å². The molecular weight excluding hydrogens is 568 g/mol. The number of likely N-dealkylation sites (tertiary alicyclic amines) is 1. The first-order valence-electron chi connectivity index (χ1n) is 14.8. The van der Waals surface area contributed by atoms with Crippen LogP contribution in [0.3, 0.4) is 0 Å². The Labute approximate surface area is 258 Å². The zero-order chi connectivity index (χ0) is 30.8. The minimum absolute atomic E-state index is 0.175. The largest absolute Gasteiger partial charge is 0.382 e. The fraction of sp³-hybridized carbons (Fsp3) is 0.258. The number of anilines is 2. The van der Waals surface area contributed by atoms with Crippen LogP contribution in [0.25, 0.3) is 39.8 Å². The van der Waals surface area contributed by atoms with Crippen molar-refractivity contribution in [3.8, 4) is 34.7 Å². The summed E-state index contributed by atoms with van der Waals surface area (Å²) in [5.41, 5.74) is 11.6. The van der Waals surface area contributed by atoms with E-state index in [9.17, 15) is 0 Å². The van der Waals surface area contributed by atoms with Crippen LogP contribution in [0.5, 0.6) is 0 Å². The van der Waals surface area contributed by atoms with Crippen molar-refractivity contribution in [3.05, 3.63) is 78.6 Å². The average molecular weight is 599 g/mol. The number of aryl methyl sites for hydroxylation is 1. The molecule has 7 rings (SSSR count). The van der Waals surface area contributed by atoms with Gasteiger partial charge in [0.1, 0.15) is 28.8 Å². The number of fused-ring (bicyclic) bond motifs is 1. The third kappa shape index (κ3) is 5.76. The number of nitriles is 1. The van der Waals surface area contributed by atoms with E-state index in [1.807, 2.05) is 29.7 Å². The molecule has 3 N–H and O–H groups in total. The number of pyridine rings is 1. The van der Waals surface area contributed by atoms with Gasteiger partial charge in [0.15, 0.2) is 17.3 Å². The fourth-order valence-electron chi connectivity index (χ4n) is 5.54. The van der Waals surface area contributed by atoms with Gasteiger partial charge in [0.2, 0.25) is 5.82 Å². The first kappa shape index (κ1) is 28.0. The quantitative estimate of drug-likeness (QED) is 0.261. The summed E-state index contributed by atoms with van der Waals surface area (Å²) in [4.78, 5) is 30.9. The van der Waals surface area contributed by atoms with Crippen molar-refractivity contribution in [1.29, 1.82) is 5.26 Å². The molecule has 1 aliphatic rings. The lowest BCUT2D eigenvalue weighted by Crippen LogP contribution is -2.38. The average Bonchev–Trinajstić information content (AvgIpc) is 3.71. The maximum absolute atomic E-state index is 9.07. The molecular formula is C31H30N14. The van der Waals surface area contributed by atoms with Gasteiger partial charge in [-0.2, -0.15) is 20.3 Å². The molecule has 0 bridgehead atoms. The Morgan fingerprint density at radius 1 is 0.933 bits per heavy atom. The molecule has 0 radical (unpaired) electrons. The Morgan fingerprint density at radius 2 is 1.76 bits per heavy atom. The normalized spacial score (nSPS) is 14.0. The number of nitrogens with two attached hydrogens (primary N) is 1. The van der Waals surface area contributed by atoms with Gasteiger partial charge in [0.05, 0.1) is 18.4 Å². The van der Waals surface area contributed by atoms with Crippen LogP contribution in [0, 0.1) is 11.3 Å². The number of rotatable bonds is 8. The number of benzene rings is 1. The molecule has 224 valence electrons. The zero-order valence-electron chi connectivity index (χ0n) is 24.6. The highest BCUT2D eigenvalue weighted by atomic mass is 15.5. The number of nitrogens with zero attached hydrogens (tertiary/aromatic N) is 12. The number of aromatic nitrogens is 10. The topological polar surface area (TPSA) is 178 Å². The number of hydrogen-bond donors (Lipinski definition) is 2. The third-order valence-corrected chi connectivity index (χ3v) is 7.82. The molecule has 45 heavy (non-hydrogen) atoms. The van der Waals surface area contributed by atoms with E-state index in [-0.39, 0.29) is 5.82 Å². The van der Waals surface area contributed by atoms with Gasteiger partial charge in [-0.15, -0.1) is 0 Å². The minimum Gasteiger partial charge on any atom is -0.382 e. The van der Waals surface area contributed by atoms with E-state index in [1.54, 1.807) is 35.7 Å². The van der Waals surface area contributed by atoms with Crippen molar-refractivity contribution in [2.75, 3.05) is 24.1 Å². The summed E-state index contributed by atoms with van der Waals surface area (Å²) < 4.78 is 1.97. The van der Waals surface area contributed by atoms with Crippen molar-refractivity contribution >= 4 is 22.8 Å². The molecule has 0 saturated carbocycles. The third-order valence-electron chi connectivity index (χ3n) is 7.82. The number of nitrogen functional groups attached to an aromatic ring is 1. The molecule has 5 aromatic heterocycles. The highest BCUT2D eigenvalue weighted by molar-refractivity contribution is 5.83. The van der Waals surface area contributed by atoms with Crippen LogP contribution in [0.2, 0.25) is 0 Å². The van der Waals surface area contributed by atoms with Crippen LogP contribution < -0.4 is 11.1 Å². The second-order valence-electron chi connectivity index (χ2n) is 10.8. The van der Waals surface area contributed by atoms with Gasteiger partial charge in [-0.05, 0) is 55.7 Å². The van der Waals surface area contributed by atoms with Crippen molar-refractivity contribution in [3.63, 3.8) is 0 Å². The van der Waals surface area contributed by atoms with E-state index < -0.39 is 0 Å². The molecule has 0 aliphatic carbocycles. The summed E-state index contributed by atoms with van der Waals surface area (Å²) in [6, 6.07) is 16.3. The SMILES string of the molecule is CCn1ncc(-c2ccc3nc(-c4nccnc4N)n(-c4ccc(CN5CCC(Nc6ccnc(C#N)n6)CC5)cc4)c3n2)n1. The number of nitrogens with one attached hydrogen (secondary N) is 1. The van der Waals surface area contributed by atoms with E-state index in [0.29, 0.717) is 58.3 Å². The molecule has 0 unspecified atom stereocenters. The monoisotopic (exact) mass is 598 g/mol. The Bertz CT molecular complexity index is 2000. The maximum Gasteiger partial charge on any atom is 0.234 e. The van der Waals surface area contributed by atoms with E-state index in [1.165, 1.54) is 5.56 Å². The summed E-state index contributed by atoms with van der Waals surface area (Å²) in [5.74, 6) is 1.72. The Kier molecular flexibility index (Phi) is 7.50. The van der Waals surface area contributed by atoms with Crippen molar-refractivity contribution in [2.45, 2.75) is 38.9 Å². The smallest absolute Gasteiger partial charge is 0.234 e. The van der Waals surface area contributed by atoms with Gasteiger partial charge >= 0.3 is 0 Å². The Morgan fingerprint density at radius 3 is 2.51 bits per heavy atom. The molecule has 0 spiro atoms. The van der Waals surface area contributed by atoms with Crippen LogP contribution in [-0.2, 0) is 13.1 Å². The lowest BCUT2D eigenvalue weighted by atomic mass is 10.0. The van der Waals surface area contributed by atoms with Crippen molar-refractivity contribution in [2.24, 2.45) is 0 Å². The molecule has 6 aromatic rings. The number of hydrogen-bond acceptors (Lipinski definition) is 12. The predicted molar refractivity (Wildman–Crippen MR) is 168 cm³/mol. The van der Waals surface area contributed by atoms with Gasteiger partial charge in [-0.1, -0.05) is 12.1 Å². The lowest BCUT2D eigenvalue weighted by molar-refractivity contribution is 0.211. The molecule has 6 heterocycles. The van der Waals surface area contributed by atoms with Gasteiger partial charge in [-0.25, -0.2) is 29.9 Å². The zero-order valence-corrected chi connectivity index (χ0v) is 24.6. The fourth-order valence-corrected chi connectivity index (χ4v) is 5.54. The van der Waals surface area contributed by atoms with Gasteiger partial charge in [0, 0.05) is 50.0 Å². The summed E-state index contributed by atoms with van der Waals surface area (Å²) >= 11 is 0. The van der Waals surface area contributed by atoms with Gasteiger partial charge in [0.25, 0.3) is 0 Å². The summed E-state index contributed by atoms with van der Waals surface area (Å²) in [6.45, 7) is 5.40. The molecule has 14 heteroatoms. The predicted octanol–water partition coefficient (Wildman–Crippen LogP) is 3.48. The first-order valence-corrected chi connectivity index (χ1v) is 14.8. The molecule has 1 fully saturated rings. The Hall–Kier alpha value is -5.81. The highest BCUT2D eigenvalue weighted by Crippen LogP contribution is 2.30. The van der Waals surface area contributed by atoms with Crippen LogP contribution in [0.1, 0.15) is 31.2 Å². The highest BCUT2D eigenvalue weighted by Gasteiger charge is 2.22. The second-order valence-corrected chi connectivity index (χ2v) is 10.8. The second kappa shape index (κ2) is 12.1. The van der Waals surface area contributed by atoms with Gasteiger partial charge < -0.3 is 11.1 Å². The molecule has 14 nitrogen and oxygen atoms in total. The summed E-state index contributed by atoms with van der Waals surface area (Å²) in [7, 11) is 0. The van der Waals surface area contributed by atoms with E-state index >= 15 is 0 Å². The standard InChI is InChI=1S/C31H30N14/c1-2-44-37-18-25(42-44)23-7-8-24-30(39-23)45(31(40-24)28-29(33)36-14-13-35-28)22-5-3-20(4-6-22)19-43-15-10-21(11-16-43)38-26-9-12-34-27(17-32)41-26/h3-9,12-14,18,21H,2,10-11,15-16,19H2,1H3,(H2,33,36)(H,34,38,41). The summed E-state index contributed by atoms with van der Waals surface area (Å²) in [6.07, 6.45) is 8.46. The lowest BCUT2D eigenvalue weighted by Gasteiger charge is -2.32. The molecule has 1 aromatic carbocycles. The number of piperidine rings is 1. The molecule has 1 aliphatic heterocycles. The maximum atomic E-state index is 9.07. The molecule has 0 amide bonds. The van der Waals surface area contributed by atoms with Gasteiger partial charge in [-0.3, -0.25) is 9.47 Å². The van der Waals surface area contributed by atoms with Crippen molar-refractivity contribution < 1.29 is 0 Å². The van der Waals surface area contributed by atoms with E-state index in [0.717, 1.165) is 38.2 Å². The molecule has 1 saturated heterocycles. The van der Waals surface area contributed by atoms with E-state index in [4.69, 9.17) is 21.0 Å². The van der Waals surface area contributed by atoms with E-state index in [2.05, 4.69) is 64.6 Å². The summed E-state index contributed by atoms with van der Waals surface area (Å²) in [5, 5.41) is 21.4. The van der Waals surface area contributed by atoms with Crippen LogP contribution in [-0.4, -0.2) is 73.5 Å².